The summed E-state index contributed by atoms with van der Waals surface area (Å²) < 4.78 is 40.1. The molecule has 0 fully saturated rings. The molecule has 70 valence electrons. The van der Waals surface area contributed by atoms with Crippen LogP contribution in [0.4, 0.5) is 13.2 Å². The molecule has 0 heterocycles. The van der Waals surface area contributed by atoms with Crippen LogP contribution >= 0.6 is 0 Å². The van der Waals surface area contributed by atoms with Gasteiger partial charge in [0.1, 0.15) is 0 Å². The third-order valence-electron chi connectivity index (χ3n) is 1.76. The first-order chi connectivity index (χ1) is 4.77. The molecular formula is C6H14F3OSi-. The van der Waals surface area contributed by atoms with Crippen molar-refractivity contribution >= 4 is 8.32 Å². The van der Waals surface area contributed by atoms with E-state index < -0.39 is 20.9 Å². The van der Waals surface area contributed by atoms with Crippen LogP contribution in [-0.4, -0.2) is 21.6 Å². The van der Waals surface area contributed by atoms with Crippen molar-refractivity contribution in [1.82, 2.24) is 0 Å². The van der Waals surface area contributed by atoms with Crippen molar-refractivity contribution < 1.29 is 17.6 Å². The Bertz CT molecular complexity index is 121. The zero-order valence-electron chi connectivity index (χ0n) is 7.03. The van der Waals surface area contributed by atoms with Gasteiger partial charge >= 0.3 is 64.8 Å². The van der Waals surface area contributed by atoms with Gasteiger partial charge in [-0.1, -0.05) is 0 Å². The van der Waals surface area contributed by atoms with Crippen LogP contribution < -0.4 is 0 Å². The minimum absolute atomic E-state index is 0.174. The van der Waals surface area contributed by atoms with E-state index >= 15 is 0 Å². The van der Waals surface area contributed by atoms with Gasteiger partial charge in [-0.2, -0.15) is 0 Å². The first kappa shape index (κ1) is 11.0. The summed E-state index contributed by atoms with van der Waals surface area (Å²) in [6, 6.07) is 0.174. The molecule has 0 aliphatic heterocycles. The minimum atomic E-state index is -4.03. The fraction of sp³-hybridized carbons (Fsp3) is 1.00. The van der Waals surface area contributed by atoms with Gasteiger partial charge in [0.15, 0.2) is 0 Å². The molecule has 0 aromatic carbocycles. The Kier molecular flexibility index (Phi) is 3.57. The first-order valence-corrected chi connectivity index (χ1v) is 7.22. The van der Waals surface area contributed by atoms with Crippen LogP contribution in [0, 0.1) is 0 Å². The normalized spacial score (nSPS) is 15.1. The molecule has 0 aliphatic carbocycles. The SMILES string of the molecule is CO[SiH-](C)(C)CCC(F)(F)F. The molecule has 0 rings (SSSR count). The third kappa shape index (κ3) is 6.37. The molecule has 0 unspecified atom stereocenters. The van der Waals surface area contributed by atoms with E-state index in [1.165, 1.54) is 7.11 Å². The number of hydrogen-bond acceptors (Lipinski definition) is 1. The Morgan fingerprint density at radius 3 is 2.00 bits per heavy atom. The quantitative estimate of drug-likeness (QED) is 0.617. The second-order valence-electron chi connectivity index (χ2n) is 3.42. The summed E-state index contributed by atoms with van der Waals surface area (Å²) in [5.74, 6) is 0. The van der Waals surface area contributed by atoms with Crippen LogP contribution in [0.15, 0.2) is 0 Å². The van der Waals surface area contributed by atoms with Gasteiger partial charge in [0.25, 0.3) is 0 Å². The van der Waals surface area contributed by atoms with Crippen LogP contribution in [0.25, 0.3) is 0 Å². The van der Waals surface area contributed by atoms with Crippen LogP contribution in [0.2, 0.25) is 19.1 Å². The van der Waals surface area contributed by atoms with E-state index in [2.05, 4.69) is 0 Å². The number of hydrogen-bond donors (Lipinski definition) is 0. The summed E-state index contributed by atoms with van der Waals surface area (Å²) in [7, 11) is -0.787. The summed E-state index contributed by atoms with van der Waals surface area (Å²) in [5, 5.41) is 0. The molecule has 0 spiro atoms. The van der Waals surface area contributed by atoms with Gasteiger partial charge in [0.2, 0.25) is 0 Å². The fourth-order valence-corrected chi connectivity index (χ4v) is 1.89. The molecular weight excluding hydrogens is 173 g/mol. The molecule has 0 aromatic rings. The van der Waals surface area contributed by atoms with Crippen molar-refractivity contribution in [3.05, 3.63) is 0 Å². The summed E-state index contributed by atoms with van der Waals surface area (Å²) in [6.07, 6.45) is -4.74. The molecule has 0 aromatic heterocycles. The average Bonchev–Trinajstić information content (AvgIpc) is 1.83. The van der Waals surface area contributed by atoms with Crippen molar-refractivity contribution in [3.8, 4) is 0 Å². The molecule has 0 atom stereocenters. The second kappa shape index (κ2) is 3.58. The van der Waals surface area contributed by atoms with E-state index in [1.807, 2.05) is 0 Å². The van der Waals surface area contributed by atoms with E-state index in [1.54, 1.807) is 13.1 Å². The Hall–Kier alpha value is -0.0331. The molecule has 0 N–H and O–H groups in total. The van der Waals surface area contributed by atoms with Gasteiger partial charge in [0, 0.05) is 0 Å². The van der Waals surface area contributed by atoms with Crippen molar-refractivity contribution in [2.24, 2.45) is 0 Å². The zero-order valence-corrected chi connectivity index (χ0v) is 8.19. The summed E-state index contributed by atoms with van der Waals surface area (Å²) in [4.78, 5) is 0. The topological polar surface area (TPSA) is 9.23 Å². The first-order valence-electron chi connectivity index (χ1n) is 3.63. The molecule has 0 radical (unpaired) electrons. The van der Waals surface area contributed by atoms with Gasteiger partial charge in [-0.15, -0.1) is 0 Å². The fourth-order valence-electron chi connectivity index (χ4n) is 0.629. The van der Waals surface area contributed by atoms with Crippen LogP contribution in [0.3, 0.4) is 0 Å². The van der Waals surface area contributed by atoms with E-state index in [0.29, 0.717) is 0 Å². The summed E-state index contributed by atoms with van der Waals surface area (Å²) in [6.45, 7) is 3.61. The summed E-state index contributed by atoms with van der Waals surface area (Å²) in [5.41, 5.74) is 0. The predicted molar refractivity (Wildman–Crippen MR) is 41.4 cm³/mol. The molecule has 1 nitrogen and oxygen atoms in total. The number of alkyl halides is 3. The van der Waals surface area contributed by atoms with Gasteiger partial charge in [-0.3, -0.25) is 0 Å². The van der Waals surface area contributed by atoms with Crippen molar-refractivity contribution in [3.63, 3.8) is 0 Å². The van der Waals surface area contributed by atoms with E-state index in [0.717, 1.165) is 0 Å². The molecule has 0 amide bonds. The Labute approximate surface area is 65.7 Å². The Morgan fingerprint density at radius 1 is 1.27 bits per heavy atom. The maximum atomic E-state index is 11.7. The third-order valence-corrected chi connectivity index (χ3v) is 4.72. The second-order valence-corrected chi connectivity index (χ2v) is 8.53. The predicted octanol–water partition coefficient (Wildman–Crippen LogP) is 2.52. The van der Waals surface area contributed by atoms with Crippen molar-refractivity contribution in [1.29, 1.82) is 0 Å². The van der Waals surface area contributed by atoms with E-state index in [4.69, 9.17) is 4.43 Å². The Morgan fingerprint density at radius 2 is 1.73 bits per heavy atom. The van der Waals surface area contributed by atoms with Crippen molar-refractivity contribution in [2.75, 3.05) is 7.11 Å². The Balaban J connectivity index is 3.70. The molecule has 0 saturated heterocycles. The molecule has 0 bridgehead atoms. The number of rotatable bonds is 3. The van der Waals surface area contributed by atoms with E-state index in [-0.39, 0.29) is 6.04 Å². The van der Waals surface area contributed by atoms with Gasteiger partial charge in [-0.05, 0) is 0 Å². The van der Waals surface area contributed by atoms with E-state index in [9.17, 15) is 13.2 Å². The van der Waals surface area contributed by atoms with Crippen LogP contribution in [-0.2, 0) is 4.43 Å². The van der Waals surface area contributed by atoms with Crippen LogP contribution in [0.5, 0.6) is 0 Å². The van der Waals surface area contributed by atoms with Crippen molar-refractivity contribution in [2.45, 2.75) is 31.7 Å². The maximum absolute atomic E-state index is 11.7. The molecule has 11 heavy (non-hydrogen) atoms. The molecule has 0 aliphatic rings. The van der Waals surface area contributed by atoms with Gasteiger partial charge in [-0.25, -0.2) is 0 Å². The number of halogens is 3. The van der Waals surface area contributed by atoms with Crippen LogP contribution in [0.1, 0.15) is 6.42 Å². The average molecular weight is 187 g/mol. The van der Waals surface area contributed by atoms with Gasteiger partial charge in [0.05, 0.1) is 0 Å². The standard InChI is InChI=1S/C6H14F3OSi/c1-10-11(2,3)5-4-6(7,8)9/h11H,4-5H2,1-3H3/q-1. The molecule has 5 heteroatoms. The molecule has 0 saturated carbocycles. The zero-order chi connectivity index (χ0) is 9.12. The monoisotopic (exact) mass is 187 g/mol. The summed E-state index contributed by atoms with van der Waals surface area (Å²) >= 11 is 0. The van der Waals surface area contributed by atoms with Gasteiger partial charge < -0.3 is 0 Å².